The molecule has 0 radical (unpaired) electrons. The molecule has 1 aliphatic heterocycles. The molecule has 0 fully saturated rings. The normalized spacial score (nSPS) is 12.5. The van der Waals surface area contributed by atoms with Crippen molar-refractivity contribution in [1.82, 2.24) is 9.97 Å². The summed E-state index contributed by atoms with van der Waals surface area (Å²) >= 11 is 1.67. The monoisotopic (exact) mass is 361 g/mol. The Morgan fingerprint density at radius 2 is 1.81 bits per heavy atom. The lowest BCUT2D eigenvalue weighted by Crippen LogP contribution is -1.97. The van der Waals surface area contributed by atoms with E-state index in [0.29, 0.717) is 0 Å². The largest absolute Gasteiger partial charge is 0.454 e. The zero-order valence-corrected chi connectivity index (χ0v) is 14.8. The summed E-state index contributed by atoms with van der Waals surface area (Å²) in [4.78, 5) is 11.4. The van der Waals surface area contributed by atoms with Gasteiger partial charge in [0.1, 0.15) is 16.5 Å². The summed E-state index contributed by atoms with van der Waals surface area (Å²) < 4.78 is 10.8. The molecule has 1 aliphatic rings. The highest BCUT2D eigenvalue weighted by Crippen LogP contribution is 2.38. The van der Waals surface area contributed by atoms with Crippen molar-refractivity contribution >= 4 is 33.1 Å². The van der Waals surface area contributed by atoms with Crippen LogP contribution in [0.2, 0.25) is 0 Å². The Labute approximate surface area is 154 Å². The number of hydrogen-bond donors (Lipinski definition) is 1. The summed E-state index contributed by atoms with van der Waals surface area (Å²) in [5.41, 5.74) is 2.09. The number of ether oxygens (including phenoxy) is 2. The average molecular weight is 361 g/mol. The van der Waals surface area contributed by atoms with Gasteiger partial charge in [0.05, 0.1) is 5.39 Å². The fourth-order valence-corrected chi connectivity index (χ4v) is 4.06. The van der Waals surface area contributed by atoms with E-state index in [9.17, 15) is 0 Å². The van der Waals surface area contributed by atoms with Gasteiger partial charge in [-0.05, 0) is 30.7 Å². The zero-order valence-electron chi connectivity index (χ0n) is 14.0. The van der Waals surface area contributed by atoms with Crippen LogP contribution in [0.5, 0.6) is 11.5 Å². The van der Waals surface area contributed by atoms with Crippen molar-refractivity contribution in [2.24, 2.45) is 0 Å². The third kappa shape index (κ3) is 2.64. The molecule has 4 aromatic rings. The summed E-state index contributed by atoms with van der Waals surface area (Å²) in [5.74, 6) is 3.04. The summed E-state index contributed by atoms with van der Waals surface area (Å²) in [6.45, 7) is 2.17. The Morgan fingerprint density at radius 1 is 0.962 bits per heavy atom. The van der Waals surface area contributed by atoms with Gasteiger partial charge in [-0.15, -0.1) is 11.3 Å². The number of anilines is 2. The van der Waals surface area contributed by atoms with Crippen molar-refractivity contribution in [3.8, 4) is 21.9 Å². The summed E-state index contributed by atoms with van der Waals surface area (Å²) in [6, 6.07) is 18.3. The Hall–Kier alpha value is -3.12. The molecule has 5 rings (SSSR count). The fraction of sp³-hybridized carbons (Fsp3) is 0.100. The Bertz CT molecular complexity index is 1110. The van der Waals surface area contributed by atoms with Crippen LogP contribution in [-0.4, -0.2) is 16.8 Å². The van der Waals surface area contributed by atoms with Crippen LogP contribution in [0.4, 0.5) is 11.5 Å². The second-order valence-electron chi connectivity index (χ2n) is 6.01. The quantitative estimate of drug-likeness (QED) is 0.548. The number of thiophene rings is 1. The fourth-order valence-electron chi connectivity index (χ4n) is 2.98. The molecule has 0 aliphatic carbocycles. The lowest BCUT2D eigenvalue weighted by atomic mass is 10.2. The second kappa shape index (κ2) is 6.00. The number of nitrogens with zero attached hydrogens (tertiary/aromatic N) is 2. The zero-order chi connectivity index (χ0) is 17.5. The molecule has 3 heterocycles. The number of hydrogen-bond acceptors (Lipinski definition) is 6. The van der Waals surface area contributed by atoms with Crippen molar-refractivity contribution in [2.45, 2.75) is 6.92 Å². The van der Waals surface area contributed by atoms with E-state index < -0.39 is 0 Å². The highest BCUT2D eigenvalue weighted by Gasteiger charge is 2.15. The van der Waals surface area contributed by atoms with Gasteiger partial charge in [-0.1, -0.05) is 30.3 Å². The smallest absolute Gasteiger partial charge is 0.231 e. The van der Waals surface area contributed by atoms with Crippen LogP contribution in [0.15, 0.2) is 54.6 Å². The van der Waals surface area contributed by atoms with E-state index in [0.717, 1.165) is 39.0 Å². The minimum absolute atomic E-state index is 0.264. The Morgan fingerprint density at radius 3 is 2.69 bits per heavy atom. The maximum absolute atomic E-state index is 5.46. The summed E-state index contributed by atoms with van der Waals surface area (Å²) in [6.07, 6.45) is 0. The molecule has 0 saturated carbocycles. The number of fused-ring (bicyclic) bond motifs is 2. The third-order valence-electron chi connectivity index (χ3n) is 4.20. The van der Waals surface area contributed by atoms with Gasteiger partial charge in [-0.3, -0.25) is 0 Å². The van der Waals surface area contributed by atoms with Gasteiger partial charge < -0.3 is 14.8 Å². The van der Waals surface area contributed by atoms with E-state index in [1.54, 1.807) is 11.3 Å². The SMILES string of the molecule is Cc1nc(Nc2ccc3c(c2)OCO3)c2cc(-c3ccccc3)sc2n1. The molecule has 1 N–H and O–H groups in total. The highest BCUT2D eigenvalue weighted by molar-refractivity contribution is 7.21. The molecule has 0 unspecified atom stereocenters. The predicted molar refractivity (Wildman–Crippen MR) is 103 cm³/mol. The molecule has 0 atom stereocenters. The first-order valence-corrected chi connectivity index (χ1v) is 9.08. The Balaban J connectivity index is 1.57. The third-order valence-corrected chi connectivity index (χ3v) is 5.28. The van der Waals surface area contributed by atoms with E-state index in [1.807, 2.05) is 43.3 Å². The van der Waals surface area contributed by atoms with E-state index in [2.05, 4.69) is 33.5 Å². The number of aryl methyl sites for hydroxylation is 1. The predicted octanol–water partition coefficient (Wildman–Crippen LogP) is 5.14. The van der Waals surface area contributed by atoms with Gasteiger partial charge in [0.25, 0.3) is 0 Å². The molecule has 0 bridgehead atoms. The lowest BCUT2D eigenvalue weighted by Gasteiger charge is -2.08. The van der Waals surface area contributed by atoms with Crippen molar-refractivity contribution in [1.29, 1.82) is 0 Å². The molecule has 2 aromatic carbocycles. The number of rotatable bonds is 3. The maximum Gasteiger partial charge on any atom is 0.231 e. The molecular formula is C20H15N3O2S. The van der Waals surface area contributed by atoms with Crippen molar-refractivity contribution < 1.29 is 9.47 Å². The van der Waals surface area contributed by atoms with E-state index in [1.165, 1.54) is 10.4 Å². The standard InChI is InChI=1S/C20H15N3O2S/c1-12-21-19(23-14-7-8-16-17(9-14)25-11-24-16)15-10-18(26-20(15)22-12)13-5-3-2-4-6-13/h2-10H,11H2,1H3,(H,21,22,23). The van der Waals surface area contributed by atoms with Gasteiger partial charge >= 0.3 is 0 Å². The number of benzene rings is 2. The van der Waals surface area contributed by atoms with Crippen molar-refractivity contribution in [2.75, 3.05) is 12.1 Å². The lowest BCUT2D eigenvalue weighted by molar-refractivity contribution is 0.174. The van der Waals surface area contributed by atoms with Crippen molar-refractivity contribution in [3.05, 3.63) is 60.4 Å². The topological polar surface area (TPSA) is 56.3 Å². The van der Waals surface area contributed by atoms with Gasteiger partial charge in [0.2, 0.25) is 6.79 Å². The van der Waals surface area contributed by atoms with Gasteiger partial charge in [0, 0.05) is 16.6 Å². The first-order valence-electron chi connectivity index (χ1n) is 8.26. The average Bonchev–Trinajstić information content (AvgIpc) is 3.28. The van der Waals surface area contributed by atoms with Crippen LogP contribution < -0.4 is 14.8 Å². The van der Waals surface area contributed by atoms with Gasteiger partial charge in [0.15, 0.2) is 11.5 Å². The van der Waals surface area contributed by atoms with E-state index in [-0.39, 0.29) is 6.79 Å². The molecule has 6 heteroatoms. The van der Waals surface area contributed by atoms with E-state index in [4.69, 9.17) is 9.47 Å². The molecule has 128 valence electrons. The molecule has 2 aromatic heterocycles. The van der Waals surface area contributed by atoms with Gasteiger partial charge in [-0.25, -0.2) is 9.97 Å². The van der Waals surface area contributed by atoms with Crippen LogP contribution in [0.25, 0.3) is 20.7 Å². The van der Waals surface area contributed by atoms with E-state index >= 15 is 0 Å². The van der Waals surface area contributed by atoms with Crippen LogP contribution in [0.3, 0.4) is 0 Å². The van der Waals surface area contributed by atoms with Crippen LogP contribution >= 0.6 is 11.3 Å². The first kappa shape index (κ1) is 15.2. The molecule has 5 nitrogen and oxygen atoms in total. The molecular weight excluding hydrogens is 346 g/mol. The van der Waals surface area contributed by atoms with Gasteiger partial charge in [-0.2, -0.15) is 0 Å². The van der Waals surface area contributed by atoms with Crippen LogP contribution in [0, 0.1) is 6.92 Å². The minimum atomic E-state index is 0.264. The first-order chi connectivity index (χ1) is 12.8. The number of aromatic nitrogens is 2. The summed E-state index contributed by atoms with van der Waals surface area (Å²) in [5, 5.41) is 4.41. The molecule has 26 heavy (non-hydrogen) atoms. The van der Waals surface area contributed by atoms with Crippen LogP contribution in [-0.2, 0) is 0 Å². The van der Waals surface area contributed by atoms with Crippen molar-refractivity contribution in [3.63, 3.8) is 0 Å². The summed E-state index contributed by atoms with van der Waals surface area (Å²) in [7, 11) is 0. The molecule has 0 amide bonds. The second-order valence-corrected chi connectivity index (χ2v) is 7.04. The Kier molecular flexibility index (Phi) is 3.50. The maximum atomic E-state index is 5.46. The molecule has 0 spiro atoms. The number of nitrogens with one attached hydrogen (secondary N) is 1. The minimum Gasteiger partial charge on any atom is -0.454 e. The highest BCUT2D eigenvalue weighted by atomic mass is 32.1. The van der Waals surface area contributed by atoms with Crippen LogP contribution in [0.1, 0.15) is 5.82 Å². The molecule has 0 saturated heterocycles.